The number of benzene rings is 2. The highest BCUT2D eigenvalue weighted by atomic mass is 35.5. The average Bonchev–Trinajstić information content (AvgIpc) is 2.56. The Morgan fingerprint density at radius 2 is 1.72 bits per heavy atom. The second kappa shape index (κ2) is 8.15. The van der Waals surface area contributed by atoms with Gasteiger partial charge in [-0.05, 0) is 24.3 Å². The minimum atomic E-state index is -0.917. The zero-order valence-electron chi connectivity index (χ0n) is 12.3. The van der Waals surface area contributed by atoms with Gasteiger partial charge in [-0.2, -0.15) is 0 Å². The van der Waals surface area contributed by atoms with Gasteiger partial charge >= 0.3 is 5.97 Å². The standard InChI is InChI=1S/C15H9Cl3N2O5/c16-9-5-4-8(6-12(9)20(23)24)15(22)25-7-13(21)19-14-10(17)2-1-3-11(14)18/h1-6H,7H2,(H,19,21). The number of nitro groups is 1. The van der Waals surface area contributed by atoms with Crippen molar-refractivity contribution in [2.24, 2.45) is 0 Å². The van der Waals surface area contributed by atoms with E-state index in [0.29, 0.717) is 0 Å². The first kappa shape index (κ1) is 19.0. The predicted octanol–water partition coefficient (Wildman–Crippen LogP) is 4.35. The van der Waals surface area contributed by atoms with Gasteiger partial charge in [-0.25, -0.2) is 4.79 Å². The SMILES string of the molecule is O=C(COC(=O)c1ccc(Cl)c([N+](=O)[O-])c1)Nc1c(Cl)cccc1Cl. The summed E-state index contributed by atoms with van der Waals surface area (Å²) in [5.41, 5.74) is -0.364. The van der Waals surface area contributed by atoms with E-state index in [0.717, 1.165) is 6.07 Å². The van der Waals surface area contributed by atoms with E-state index in [1.54, 1.807) is 6.07 Å². The number of nitrogens with one attached hydrogen (secondary N) is 1. The Balaban J connectivity index is 2.01. The second-order valence-electron chi connectivity index (χ2n) is 4.64. The second-order valence-corrected chi connectivity index (χ2v) is 5.87. The van der Waals surface area contributed by atoms with Gasteiger partial charge in [0.05, 0.1) is 26.2 Å². The highest BCUT2D eigenvalue weighted by molar-refractivity contribution is 6.39. The third kappa shape index (κ3) is 4.82. The number of amides is 1. The first-order valence-electron chi connectivity index (χ1n) is 6.64. The van der Waals surface area contributed by atoms with Gasteiger partial charge in [0.1, 0.15) is 5.02 Å². The number of halogens is 3. The highest BCUT2D eigenvalue weighted by Gasteiger charge is 2.18. The molecule has 25 heavy (non-hydrogen) atoms. The van der Waals surface area contributed by atoms with Crippen molar-refractivity contribution in [1.29, 1.82) is 0 Å². The molecule has 0 aliphatic rings. The van der Waals surface area contributed by atoms with E-state index >= 15 is 0 Å². The summed E-state index contributed by atoms with van der Waals surface area (Å²) in [6.45, 7) is -0.628. The fourth-order valence-corrected chi connectivity index (χ4v) is 2.47. The lowest BCUT2D eigenvalue weighted by Gasteiger charge is -2.09. The van der Waals surface area contributed by atoms with Crippen molar-refractivity contribution in [1.82, 2.24) is 0 Å². The van der Waals surface area contributed by atoms with Crippen molar-refractivity contribution in [2.45, 2.75) is 0 Å². The van der Waals surface area contributed by atoms with Crippen LogP contribution in [0.2, 0.25) is 15.1 Å². The Kier molecular flexibility index (Phi) is 6.19. The highest BCUT2D eigenvalue weighted by Crippen LogP contribution is 2.29. The van der Waals surface area contributed by atoms with Crippen molar-refractivity contribution in [2.75, 3.05) is 11.9 Å². The molecule has 0 unspecified atom stereocenters. The molecule has 0 saturated heterocycles. The number of rotatable bonds is 5. The molecule has 1 N–H and O–H groups in total. The molecule has 1 amide bonds. The summed E-state index contributed by atoms with van der Waals surface area (Å²) in [4.78, 5) is 33.8. The lowest BCUT2D eigenvalue weighted by Crippen LogP contribution is -2.21. The van der Waals surface area contributed by atoms with Gasteiger partial charge in [-0.15, -0.1) is 0 Å². The lowest BCUT2D eigenvalue weighted by molar-refractivity contribution is -0.384. The van der Waals surface area contributed by atoms with E-state index < -0.39 is 29.1 Å². The molecule has 2 aromatic rings. The van der Waals surface area contributed by atoms with Crippen LogP contribution in [0.5, 0.6) is 0 Å². The van der Waals surface area contributed by atoms with Crippen molar-refractivity contribution >= 4 is 58.1 Å². The summed E-state index contributed by atoms with van der Waals surface area (Å²) in [5, 5.41) is 13.6. The molecule has 0 saturated carbocycles. The van der Waals surface area contributed by atoms with Gasteiger partial charge in [0.2, 0.25) is 0 Å². The third-order valence-electron chi connectivity index (χ3n) is 2.94. The van der Waals surface area contributed by atoms with Gasteiger partial charge in [-0.3, -0.25) is 14.9 Å². The Bertz CT molecular complexity index is 837. The molecule has 130 valence electrons. The topological polar surface area (TPSA) is 98.5 Å². The monoisotopic (exact) mass is 402 g/mol. The van der Waals surface area contributed by atoms with Crippen molar-refractivity contribution in [3.63, 3.8) is 0 Å². The molecule has 0 atom stereocenters. The predicted molar refractivity (Wildman–Crippen MR) is 93.5 cm³/mol. The molecule has 0 radical (unpaired) electrons. The van der Waals surface area contributed by atoms with Crippen LogP contribution in [0.1, 0.15) is 10.4 Å². The van der Waals surface area contributed by atoms with Crippen LogP contribution in [-0.2, 0) is 9.53 Å². The van der Waals surface area contributed by atoms with Crippen LogP contribution in [-0.4, -0.2) is 23.4 Å². The molecular formula is C15H9Cl3N2O5. The summed E-state index contributed by atoms with van der Waals surface area (Å²) in [5.74, 6) is -1.59. The number of hydrogen-bond donors (Lipinski definition) is 1. The summed E-state index contributed by atoms with van der Waals surface area (Å²) in [7, 11) is 0. The summed E-state index contributed by atoms with van der Waals surface area (Å²) in [6, 6.07) is 8.07. The summed E-state index contributed by atoms with van der Waals surface area (Å²) in [6.07, 6.45) is 0. The van der Waals surface area contributed by atoms with E-state index in [1.165, 1.54) is 24.3 Å². The third-order valence-corrected chi connectivity index (χ3v) is 3.89. The quantitative estimate of drug-likeness (QED) is 0.454. The van der Waals surface area contributed by atoms with Crippen LogP contribution < -0.4 is 5.32 Å². The summed E-state index contributed by atoms with van der Waals surface area (Å²) < 4.78 is 4.81. The molecule has 0 heterocycles. The molecule has 0 spiro atoms. The lowest BCUT2D eigenvalue weighted by atomic mass is 10.2. The van der Waals surface area contributed by atoms with Crippen molar-refractivity contribution in [3.05, 3.63) is 67.1 Å². The van der Waals surface area contributed by atoms with Gasteiger partial charge in [0.25, 0.3) is 11.6 Å². The molecule has 10 heteroatoms. The molecular weight excluding hydrogens is 395 g/mol. The number of nitrogens with zero attached hydrogens (tertiary/aromatic N) is 1. The molecule has 7 nitrogen and oxygen atoms in total. The minimum absolute atomic E-state index is 0.111. The maximum Gasteiger partial charge on any atom is 0.338 e. The van der Waals surface area contributed by atoms with Crippen LogP contribution >= 0.6 is 34.8 Å². The van der Waals surface area contributed by atoms with E-state index in [2.05, 4.69) is 5.32 Å². The minimum Gasteiger partial charge on any atom is -0.452 e. The van der Waals surface area contributed by atoms with E-state index in [1.807, 2.05) is 0 Å². The largest absolute Gasteiger partial charge is 0.452 e. The van der Waals surface area contributed by atoms with Gasteiger partial charge in [-0.1, -0.05) is 40.9 Å². The Morgan fingerprint density at radius 1 is 1.08 bits per heavy atom. The molecule has 2 rings (SSSR count). The van der Waals surface area contributed by atoms with E-state index in [4.69, 9.17) is 39.5 Å². The number of hydrogen-bond acceptors (Lipinski definition) is 5. The molecule has 0 aliphatic heterocycles. The van der Waals surface area contributed by atoms with Crippen LogP contribution in [0.25, 0.3) is 0 Å². The number of carbonyl (C=O) groups excluding carboxylic acids is 2. The zero-order chi connectivity index (χ0) is 18.6. The number of carbonyl (C=O) groups is 2. The van der Waals surface area contributed by atoms with Crippen molar-refractivity contribution in [3.8, 4) is 0 Å². The van der Waals surface area contributed by atoms with Gasteiger partial charge in [0, 0.05) is 6.07 Å². The molecule has 2 aromatic carbocycles. The maximum absolute atomic E-state index is 11.9. The molecule has 0 bridgehead atoms. The first-order valence-corrected chi connectivity index (χ1v) is 7.78. The average molecular weight is 404 g/mol. The number of ether oxygens (including phenoxy) is 1. The van der Waals surface area contributed by atoms with Crippen LogP contribution in [0.4, 0.5) is 11.4 Å². The smallest absolute Gasteiger partial charge is 0.338 e. The Labute approximate surface area is 156 Å². The van der Waals surface area contributed by atoms with E-state index in [-0.39, 0.29) is 26.3 Å². The number of para-hydroxylation sites is 1. The first-order chi connectivity index (χ1) is 11.8. The molecule has 0 aliphatic carbocycles. The fourth-order valence-electron chi connectivity index (χ4n) is 1.79. The summed E-state index contributed by atoms with van der Waals surface area (Å²) >= 11 is 17.5. The Morgan fingerprint density at radius 3 is 2.32 bits per heavy atom. The van der Waals surface area contributed by atoms with Crippen LogP contribution in [0.15, 0.2) is 36.4 Å². The van der Waals surface area contributed by atoms with Crippen molar-refractivity contribution < 1.29 is 19.2 Å². The normalized spacial score (nSPS) is 10.2. The molecule has 0 fully saturated rings. The van der Waals surface area contributed by atoms with Gasteiger partial charge < -0.3 is 10.1 Å². The Hall–Kier alpha value is -2.35. The van der Waals surface area contributed by atoms with E-state index in [9.17, 15) is 19.7 Å². The van der Waals surface area contributed by atoms with Crippen LogP contribution in [0, 0.1) is 10.1 Å². The van der Waals surface area contributed by atoms with Crippen LogP contribution in [0.3, 0.4) is 0 Å². The number of anilines is 1. The van der Waals surface area contributed by atoms with Gasteiger partial charge in [0.15, 0.2) is 6.61 Å². The zero-order valence-corrected chi connectivity index (χ0v) is 14.6. The number of esters is 1. The fraction of sp³-hybridized carbons (Fsp3) is 0.0667. The maximum atomic E-state index is 11.9. The molecule has 0 aromatic heterocycles. The number of nitro benzene ring substituents is 1.